The monoisotopic (exact) mass is 365 g/mol. The van der Waals surface area contributed by atoms with E-state index in [0.717, 1.165) is 44.2 Å². The summed E-state index contributed by atoms with van der Waals surface area (Å²) in [5.74, 6) is 0.193. The third-order valence-corrected chi connectivity index (χ3v) is 7.76. The molecule has 3 saturated carbocycles. The fourth-order valence-corrected chi connectivity index (χ4v) is 5.95. The van der Waals surface area contributed by atoms with Gasteiger partial charge in [0.1, 0.15) is 0 Å². The molecule has 2 aromatic rings. The van der Waals surface area contributed by atoms with Gasteiger partial charge < -0.3 is 15.0 Å². The molecule has 6 rings (SSSR count). The fraction of sp³-hybridized carbons (Fsp3) is 0.545. The van der Waals surface area contributed by atoms with E-state index in [1.54, 1.807) is 7.05 Å². The molecule has 2 N–H and O–H groups in total. The molecule has 1 aromatic carbocycles. The van der Waals surface area contributed by atoms with Gasteiger partial charge in [0.15, 0.2) is 0 Å². The first kappa shape index (κ1) is 17.0. The van der Waals surface area contributed by atoms with E-state index in [2.05, 4.69) is 39.1 Å². The molecule has 4 aliphatic rings. The van der Waals surface area contributed by atoms with Gasteiger partial charge in [0.2, 0.25) is 5.91 Å². The maximum Gasteiger partial charge on any atom is 0.225 e. The third-order valence-electron chi connectivity index (χ3n) is 7.76. The first-order valence-electron chi connectivity index (χ1n) is 10.1. The largest absolute Gasteiger partial charge is 0.392 e. The molecule has 2 unspecified atom stereocenters. The van der Waals surface area contributed by atoms with Crippen LogP contribution in [0.3, 0.4) is 0 Å². The molecule has 0 radical (unpaired) electrons. The molecule has 5 heteroatoms. The Kier molecular flexibility index (Phi) is 3.73. The van der Waals surface area contributed by atoms with Gasteiger partial charge in [-0.05, 0) is 55.9 Å². The van der Waals surface area contributed by atoms with Crippen molar-refractivity contribution >= 4 is 5.91 Å². The van der Waals surface area contributed by atoms with Crippen molar-refractivity contribution in [2.45, 2.75) is 57.1 Å². The van der Waals surface area contributed by atoms with Crippen LogP contribution in [-0.4, -0.2) is 33.7 Å². The Hall–Kier alpha value is -2.14. The van der Waals surface area contributed by atoms with Crippen LogP contribution < -0.4 is 5.32 Å². The van der Waals surface area contributed by atoms with Gasteiger partial charge in [-0.25, -0.2) is 4.98 Å². The molecule has 3 fully saturated rings. The lowest BCUT2D eigenvalue weighted by Gasteiger charge is -2.54. The normalized spacial score (nSPS) is 32.0. The predicted molar refractivity (Wildman–Crippen MR) is 103 cm³/mol. The summed E-state index contributed by atoms with van der Waals surface area (Å²) in [4.78, 5) is 16.7. The van der Waals surface area contributed by atoms with E-state index in [9.17, 15) is 9.90 Å². The van der Waals surface area contributed by atoms with Crippen LogP contribution in [0, 0.1) is 10.8 Å². The van der Waals surface area contributed by atoms with Crippen molar-refractivity contribution in [3.05, 3.63) is 42.4 Å². The van der Waals surface area contributed by atoms with E-state index >= 15 is 0 Å². The number of aliphatic hydroxyl groups excluding tert-OH is 1. The maximum absolute atomic E-state index is 12.4. The highest BCUT2D eigenvalue weighted by Gasteiger charge is 2.55. The maximum atomic E-state index is 12.4. The molecule has 2 bridgehead atoms. The molecule has 27 heavy (non-hydrogen) atoms. The summed E-state index contributed by atoms with van der Waals surface area (Å²) in [6.45, 7) is 0. The van der Waals surface area contributed by atoms with Crippen molar-refractivity contribution in [3.8, 4) is 11.3 Å². The molecule has 0 spiro atoms. The van der Waals surface area contributed by atoms with Crippen molar-refractivity contribution in [2.24, 2.45) is 10.8 Å². The van der Waals surface area contributed by atoms with Gasteiger partial charge in [-0.2, -0.15) is 0 Å². The summed E-state index contributed by atoms with van der Waals surface area (Å²) >= 11 is 0. The minimum Gasteiger partial charge on any atom is -0.392 e. The number of carbonyl (C=O) groups is 1. The van der Waals surface area contributed by atoms with Gasteiger partial charge in [-0.3, -0.25) is 4.79 Å². The number of fused-ring (bicyclic) bond motifs is 6. The highest BCUT2D eigenvalue weighted by atomic mass is 16.3. The predicted octanol–water partition coefficient (Wildman–Crippen LogP) is 3.29. The molecular formula is C22H27N3O2. The zero-order chi connectivity index (χ0) is 18.6. The third kappa shape index (κ3) is 2.34. The summed E-state index contributed by atoms with van der Waals surface area (Å²) in [5, 5.41) is 14.2. The molecular weight excluding hydrogens is 338 g/mol. The minimum absolute atomic E-state index is 0.0337. The second kappa shape index (κ2) is 5.93. The van der Waals surface area contributed by atoms with E-state index in [1.807, 2.05) is 12.5 Å². The summed E-state index contributed by atoms with van der Waals surface area (Å²) in [5.41, 5.74) is 3.44. The number of aromatic nitrogens is 2. The summed E-state index contributed by atoms with van der Waals surface area (Å²) in [7, 11) is 1.74. The molecule has 5 nitrogen and oxygen atoms in total. The van der Waals surface area contributed by atoms with Gasteiger partial charge in [-0.15, -0.1) is 0 Å². The SMILES string of the molecule is CNC(=O)C12CCC(C(O)CC3c4ccccc4-c4cncn43)(CC1)CC2. The first-order chi connectivity index (χ1) is 13.1. The van der Waals surface area contributed by atoms with Crippen LogP contribution in [0.5, 0.6) is 0 Å². The number of nitrogens with one attached hydrogen (secondary N) is 1. The molecule has 0 saturated heterocycles. The quantitative estimate of drug-likeness (QED) is 0.874. The Morgan fingerprint density at radius 2 is 1.96 bits per heavy atom. The van der Waals surface area contributed by atoms with Crippen LogP contribution in [0.25, 0.3) is 11.3 Å². The number of hydrogen-bond acceptors (Lipinski definition) is 3. The van der Waals surface area contributed by atoms with Crippen LogP contribution in [-0.2, 0) is 4.79 Å². The summed E-state index contributed by atoms with van der Waals surface area (Å²) in [6, 6.07) is 8.61. The Labute approximate surface area is 159 Å². The van der Waals surface area contributed by atoms with Crippen LogP contribution in [0.1, 0.15) is 56.6 Å². The number of imidazole rings is 1. The van der Waals surface area contributed by atoms with Crippen molar-refractivity contribution in [1.29, 1.82) is 0 Å². The van der Waals surface area contributed by atoms with E-state index in [0.29, 0.717) is 6.42 Å². The number of amides is 1. The zero-order valence-electron chi connectivity index (χ0n) is 15.8. The number of carbonyl (C=O) groups excluding carboxylic acids is 1. The number of nitrogens with zero attached hydrogens (tertiary/aromatic N) is 2. The highest BCUT2D eigenvalue weighted by molar-refractivity contribution is 5.82. The van der Waals surface area contributed by atoms with Gasteiger partial charge in [-0.1, -0.05) is 24.3 Å². The molecule has 2 atom stereocenters. The number of aliphatic hydroxyl groups is 1. The number of rotatable bonds is 4. The van der Waals surface area contributed by atoms with E-state index in [4.69, 9.17) is 0 Å². The van der Waals surface area contributed by atoms with Gasteiger partial charge in [0, 0.05) is 18.0 Å². The van der Waals surface area contributed by atoms with Crippen LogP contribution >= 0.6 is 0 Å². The Bertz CT molecular complexity index is 863. The average molecular weight is 365 g/mol. The highest BCUT2D eigenvalue weighted by Crippen LogP contribution is 2.59. The summed E-state index contributed by atoms with van der Waals surface area (Å²) in [6.07, 6.45) is 9.74. The van der Waals surface area contributed by atoms with Crippen LogP contribution in [0.4, 0.5) is 0 Å². The molecule has 1 aromatic heterocycles. The fourth-order valence-electron chi connectivity index (χ4n) is 5.95. The lowest BCUT2D eigenvalue weighted by molar-refractivity contribution is -0.147. The number of benzene rings is 1. The smallest absolute Gasteiger partial charge is 0.225 e. The number of hydrogen-bond donors (Lipinski definition) is 2. The van der Waals surface area contributed by atoms with Crippen molar-refractivity contribution in [2.75, 3.05) is 7.05 Å². The van der Waals surface area contributed by atoms with Gasteiger partial charge >= 0.3 is 0 Å². The van der Waals surface area contributed by atoms with Gasteiger partial charge in [0.25, 0.3) is 0 Å². The lowest BCUT2D eigenvalue weighted by Crippen LogP contribution is -2.53. The molecule has 1 aliphatic heterocycles. The lowest BCUT2D eigenvalue weighted by atomic mass is 9.51. The van der Waals surface area contributed by atoms with E-state index in [-0.39, 0.29) is 28.9 Å². The molecule has 2 heterocycles. The topological polar surface area (TPSA) is 67.2 Å². The Balaban J connectivity index is 1.38. The zero-order valence-corrected chi connectivity index (χ0v) is 15.8. The minimum atomic E-state index is -0.355. The average Bonchev–Trinajstić information content (AvgIpc) is 3.31. The molecule has 142 valence electrons. The second-order valence-electron chi connectivity index (χ2n) is 8.76. The molecule has 1 amide bonds. The van der Waals surface area contributed by atoms with E-state index in [1.165, 1.54) is 11.1 Å². The second-order valence-corrected chi connectivity index (χ2v) is 8.76. The van der Waals surface area contributed by atoms with Crippen LogP contribution in [0.15, 0.2) is 36.8 Å². The Morgan fingerprint density at radius 3 is 2.67 bits per heavy atom. The molecule has 3 aliphatic carbocycles. The van der Waals surface area contributed by atoms with Crippen molar-refractivity contribution in [3.63, 3.8) is 0 Å². The standard InChI is InChI=1S/C22H27N3O2/c1-23-20(27)22-9-6-21(7-10-22,8-11-22)19(26)12-17-15-4-2-3-5-16(15)18-13-24-14-25(17)18/h2-5,13-14,17,19,26H,6-12H2,1H3,(H,23,27). The van der Waals surface area contributed by atoms with Crippen molar-refractivity contribution in [1.82, 2.24) is 14.9 Å². The summed E-state index contributed by atoms with van der Waals surface area (Å²) < 4.78 is 2.21. The van der Waals surface area contributed by atoms with Gasteiger partial charge in [0.05, 0.1) is 30.4 Å². The Morgan fingerprint density at radius 1 is 1.26 bits per heavy atom. The van der Waals surface area contributed by atoms with Crippen molar-refractivity contribution < 1.29 is 9.90 Å². The van der Waals surface area contributed by atoms with Crippen LogP contribution in [0.2, 0.25) is 0 Å². The van der Waals surface area contributed by atoms with E-state index < -0.39 is 0 Å². The first-order valence-corrected chi connectivity index (χ1v) is 10.1.